The van der Waals surface area contributed by atoms with Gasteiger partial charge in [0, 0.05) is 6.42 Å². The van der Waals surface area contributed by atoms with E-state index in [-0.39, 0.29) is 35.5 Å². The molecule has 9 nitrogen and oxygen atoms in total. The summed E-state index contributed by atoms with van der Waals surface area (Å²) in [5, 5.41) is 0. The van der Waals surface area contributed by atoms with Gasteiger partial charge in [0.1, 0.15) is 23.6 Å². The Morgan fingerprint density at radius 3 is 2.26 bits per heavy atom. The SMILES string of the molecule is CC(C)C1(Oc2cc(C(=O)OC34CC5CC(C3)CC(C(=O)OCCS(=O)(=O)O)(C5)C4)ccc2OC(F)(F)F)CCCC1. The molecule has 0 aromatic heterocycles. The molecule has 1 N–H and O–H groups in total. The van der Waals surface area contributed by atoms with Crippen LogP contribution < -0.4 is 9.47 Å². The van der Waals surface area contributed by atoms with Crippen LogP contribution >= 0.6 is 0 Å². The van der Waals surface area contributed by atoms with Gasteiger partial charge in [-0.2, -0.15) is 8.42 Å². The quantitative estimate of drug-likeness (QED) is 0.254. The van der Waals surface area contributed by atoms with Crippen LogP contribution in [0.5, 0.6) is 11.5 Å². The lowest BCUT2D eigenvalue weighted by Gasteiger charge is -2.59. The lowest BCUT2D eigenvalue weighted by atomic mass is 9.48. The number of benzene rings is 1. The van der Waals surface area contributed by atoms with E-state index in [2.05, 4.69) is 4.74 Å². The van der Waals surface area contributed by atoms with Crippen molar-refractivity contribution >= 4 is 22.1 Å². The van der Waals surface area contributed by atoms with Gasteiger partial charge in [-0.05, 0) is 93.7 Å². The van der Waals surface area contributed by atoms with Crippen molar-refractivity contribution < 1.29 is 54.7 Å². The average Bonchev–Trinajstić information content (AvgIpc) is 3.32. The Morgan fingerprint density at radius 1 is 1.05 bits per heavy atom. The lowest BCUT2D eigenvalue weighted by molar-refractivity contribution is -0.275. The van der Waals surface area contributed by atoms with Crippen molar-refractivity contribution in [1.82, 2.24) is 0 Å². The first-order valence-electron chi connectivity index (χ1n) is 14.5. The van der Waals surface area contributed by atoms with E-state index in [1.165, 1.54) is 12.1 Å². The summed E-state index contributed by atoms with van der Waals surface area (Å²) in [7, 11) is -4.30. The first kappa shape index (κ1) is 30.9. The van der Waals surface area contributed by atoms with Gasteiger partial charge in [-0.3, -0.25) is 9.35 Å². The Hall–Kier alpha value is -2.54. The Bertz CT molecular complexity index is 1300. The molecule has 5 aliphatic rings. The predicted octanol–water partition coefficient (Wildman–Crippen LogP) is 5.86. The average molecular weight is 619 g/mol. The van der Waals surface area contributed by atoms with Crippen molar-refractivity contribution in [1.29, 1.82) is 0 Å². The third-order valence-corrected chi connectivity index (χ3v) is 10.2. The fourth-order valence-electron chi connectivity index (χ4n) is 8.10. The number of halogens is 3. The van der Waals surface area contributed by atoms with Gasteiger partial charge in [0.05, 0.1) is 11.0 Å². The van der Waals surface area contributed by atoms with E-state index in [1.807, 2.05) is 13.8 Å². The van der Waals surface area contributed by atoms with Crippen LogP contribution in [0.3, 0.4) is 0 Å². The number of rotatable bonds is 10. The number of carbonyl (C=O) groups is 2. The molecule has 1 aromatic rings. The van der Waals surface area contributed by atoms with E-state index in [9.17, 15) is 31.2 Å². The maximum absolute atomic E-state index is 13.5. The van der Waals surface area contributed by atoms with E-state index in [0.29, 0.717) is 38.5 Å². The standard InChI is InChI=1S/C29H37F3O9S/c1-18(2)28(7-3-4-8-28)39-23-12-21(5-6-22(23)40-29(30,31)32)24(33)41-27-15-19-11-20(16-27)14-26(13-19,17-27)25(34)38-9-10-42(35,36)37/h5-6,12,18-20H,3-4,7-11,13-17H2,1-2H3,(H,35,36,37). The minimum Gasteiger partial charge on any atom is -0.483 e. The molecule has 4 bridgehead atoms. The molecule has 42 heavy (non-hydrogen) atoms. The zero-order valence-corrected chi connectivity index (χ0v) is 24.5. The molecule has 5 fully saturated rings. The van der Waals surface area contributed by atoms with Crippen molar-refractivity contribution in [3.05, 3.63) is 23.8 Å². The molecule has 0 saturated heterocycles. The molecular weight excluding hydrogens is 581 g/mol. The smallest absolute Gasteiger partial charge is 0.483 e. The van der Waals surface area contributed by atoms with E-state index in [4.69, 9.17) is 18.8 Å². The van der Waals surface area contributed by atoms with Gasteiger partial charge in [-0.25, -0.2) is 4.79 Å². The van der Waals surface area contributed by atoms with Gasteiger partial charge in [0.2, 0.25) is 0 Å². The van der Waals surface area contributed by atoms with Gasteiger partial charge >= 0.3 is 18.3 Å². The molecule has 234 valence electrons. The summed E-state index contributed by atoms with van der Waals surface area (Å²) < 4.78 is 92.6. The third-order valence-electron chi connectivity index (χ3n) is 9.54. The molecule has 6 rings (SSSR count). The number of carbonyl (C=O) groups excluding carboxylic acids is 2. The number of ether oxygens (including phenoxy) is 4. The molecule has 5 aliphatic carbocycles. The largest absolute Gasteiger partial charge is 0.573 e. The summed E-state index contributed by atoms with van der Waals surface area (Å²) in [6.45, 7) is 3.42. The lowest BCUT2D eigenvalue weighted by Crippen LogP contribution is -2.60. The van der Waals surface area contributed by atoms with Crippen LogP contribution in [0.2, 0.25) is 0 Å². The molecule has 2 unspecified atom stereocenters. The Morgan fingerprint density at radius 2 is 1.69 bits per heavy atom. The Kier molecular flexibility index (Phi) is 8.00. The summed E-state index contributed by atoms with van der Waals surface area (Å²) in [6, 6.07) is 3.52. The maximum Gasteiger partial charge on any atom is 0.573 e. The molecular formula is C29H37F3O9S. The van der Waals surface area contributed by atoms with Gasteiger partial charge in [-0.1, -0.05) is 13.8 Å². The fourth-order valence-corrected chi connectivity index (χ4v) is 8.39. The Labute approximate surface area is 243 Å². The molecule has 0 amide bonds. The zero-order valence-electron chi connectivity index (χ0n) is 23.7. The molecule has 0 radical (unpaired) electrons. The first-order valence-corrected chi connectivity index (χ1v) is 16.1. The van der Waals surface area contributed by atoms with E-state index in [0.717, 1.165) is 25.3 Å². The predicted molar refractivity (Wildman–Crippen MR) is 142 cm³/mol. The van der Waals surface area contributed by atoms with Crippen molar-refractivity contribution in [2.24, 2.45) is 23.2 Å². The molecule has 2 atom stereocenters. The second kappa shape index (κ2) is 10.9. The monoisotopic (exact) mass is 618 g/mol. The summed E-state index contributed by atoms with van der Waals surface area (Å²) in [5.74, 6) is -2.52. The molecule has 0 heterocycles. The highest BCUT2D eigenvalue weighted by Gasteiger charge is 2.63. The second-order valence-corrected chi connectivity index (χ2v) is 14.5. The molecule has 0 aliphatic heterocycles. The van der Waals surface area contributed by atoms with Crippen LogP contribution in [0, 0.1) is 23.2 Å². The van der Waals surface area contributed by atoms with Crippen LogP contribution in [0.1, 0.15) is 88.4 Å². The van der Waals surface area contributed by atoms with Crippen molar-refractivity contribution in [3.63, 3.8) is 0 Å². The van der Waals surface area contributed by atoms with Crippen molar-refractivity contribution in [2.75, 3.05) is 12.4 Å². The second-order valence-electron chi connectivity index (χ2n) is 13.0. The normalized spacial score (nSPS) is 29.9. The van der Waals surface area contributed by atoms with Crippen LogP contribution in [-0.2, 0) is 24.4 Å². The van der Waals surface area contributed by atoms with E-state index in [1.54, 1.807) is 0 Å². The number of alkyl halides is 3. The van der Waals surface area contributed by atoms with Crippen LogP contribution in [-0.4, -0.2) is 54.8 Å². The highest BCUT2D eigenvalue weighted by atomic mass is 32.2. The topological polar surface area (TPSA) is 125 Å². The van der Waals surface area contributed by atoms with Gasteiger partial charge < -0.3 is 18.9 Å². The van der Waals surface area contributed by atoms with E-state index < -0.39 is 63.1 Å². The molecule has 0 spiro atoms. The summed E-state index contributed by atoms with van der Waals surface area (Å²) in [4.78, 5) is 26.7. The summed E-state index contributed by atoms with van der Waals surface area (Å²) in [6.07, 6.45) is 1.37. The van der Waals surface area contributed by atoms with Crippen LogP contribution in [0.15, 0.2) is 18.2 Å². The van der Waals surface area contributed by atoms with E-state index >= 15 is 0 Å². The fraction of sp³-hybridized carbons (Fsp3) is 0.724. The molecule has 1 aromatic carbocycles. The van der Waals surface area contributed by atoms with Gasteiger partial charge in [0.25, 0.3) is 10.1 Å². The van der Waals surface area contributed by atoms with Crippen LogP contribution in [0.25, 0.3) is 0 Å². The number of esters is 2. The van der Waals surface area contributed by atoms with Crippen molar-refractivity contribution in [2.45, 2.75) is 95.6 Å². The maximum atomic E-state index is 13.5. The minimum absolute atomic E-state index is 0.00908. The van der Waals surface area contributed by atoms with Gasteiger partial charge in [0.15, 0.2) is 11.5 Å². The summed E-state index contributed by atoms with van der Waals surface area (Å²) in [5.41, 5.74) is -2.57. The third kappa shape index (κ3) is 6.51. The highest BCUT2D eigenvalue weighted by Crippen LogP contribution is 2.63. The van der Waals surface area contributed by atoms with Gasteiger partial charge in [-0.15, -0.1) is 13.2 Å². The Balaban J connectivity index is 1.37. The zero-order chi connectivity index (χ0) is 30.6. The summed E-state index contributed by atoms with van der Waals surface area (Å²) >= 11 is 0. The molecule has 13 heteroatoms. The minimum atomic E-state index is -4.95. The number of hydrogen-bond acceptors (Lipinski definition) is 8. The first-order chi connectivity index (χ1) is 19.5. The molecule has 5 saturated carbocycles. The highest BCUT2D eigenvalue weighted by molar-refractivity contribution is 7.85. The van der Waals surface area contributed by atoms with Crippen molar-refractivity contribution in [3.8, 4) is 11.5 Å². The van der Waals surface area contributed by atoms with Crippen LogP contribution in [0.4, 0.5) is 13.2 Å². The number of hydrogen-bond donors (Lipinski definition) is 1.